The van der Waals surface area contributed by atoms with Gasteiger partial charge in [0.15, 0.2) is 5.82 Å². The molecule has 1 aromatic heterocycles. The molecule has 27 heavy (non-hydrogen) atoms. The molecule has 2 amide bonds. The van der Waals surface area contributed by atoms with Crippen molar-refractivity contribution in [2.45, 2.75) is 51.8 Å². The van der Waals surface area contributed by atoms with Crippen LogP contribution < -0.4 is 14.8 Å². The summed E-state index contributed by atoms with van der Waals surface area (Å²) < 4.78 is 13.5. The van der Waals surface area contributed by atoms with Gasteiger partial charge < -0.3 is 14.4 Å². The molecule has 2 aliphatic heterocycles. The Bertz CT molecular complexity index is 835. The molecule has 2 aromatic rings. The van der Waals surface area contributed by atoms with E-state index in [0.717, 1.165) is 36.4 Å². The zero-order valence-electron chi connectivity index (χ0n) is 16.1. The lowest BCUT2D eigenvalue weighted by molar-refractivity contribution is 0.0833. The number of methoxy groups -OCH3 is 1. The molecule has 3 heterocycles. The van der Waals surface area contributed by atoms with Crippen LogP contribution in [-0.4, -0.2) is 40.0 Å². The quantitative estimate of drug-likeness (QED) is 0.879. The fourth-order valence-electron chi connectivity index (χ4n) is 3.75. The SMILES string of the molecule is COc1ccc2c(c1)OC(C)(C)CN(C(=O)Nc1cc3n(n1)CCCC3)C2. The van der Waals surface area contributed by atoms with Gasteiger partial charge in [-0.15, -0.1) is 0 Å². The van der Waals surface area contributed by atoms with Crippen molar-refractivity contribution in [1.29, 1.82) is 0 Å². The number of benzene rings is 1. The third-order valence-corrected chi connectivity index (χ3v) is 5.03. The Kier molecular flexibility index (Phi) is 4.45. The zero-order chi connectivity index (χ0) is 19.0. The van der Waals surface area contributed by atoms with Gasteiger partial charge in [-0.25, -0.2) is 4.79 Å². The number of nitrogens with zero attached hydrogens (tertiary/aromatic N) is 3. The van der Waals surface area contributed by atoms with Gasteiger partial charge in [-0.1, -0.05) is 0 Å². The van der Waals surface area contributed by atoms with Gasteiger partial charge in [0.1, 0.15) is 17.1 Å². The molecule has 0 saturated heterocycles. The first-order valence-corrected chi connectivity index (χ1v) is 9.42. The number of carbonyl (C=O) groups excluding carboxylic acids is 1. The second kappa shape index (κ2) is 6.79. The van der Waals surface area contributed by atoms with Crippen molar-refractivity contribution in [3.05, 3.63) is 35.5 Å². The lowest BCUT2D eigenvalue weighted by Crippen LogP contribution is -2.44. The van der Waals surface area contributed by atoms with Crippen LogP contribution in [0.2, 0.25) is 0 Å². The number of fused-ring (bicyclic) bond motifs is 2. The van der Waals surface area contributed by atoms with E-state index in [1.165, 1.54) is 12.1 Å². The molecule has 0 atom stereocenters. The third-order valence-electron chi connectivity index (χ3n) is 5.03. The van der Waals surface area contributed by atoms with Crippen LogP contribution in [0.15, 0.2) is 24.3 Å². The normalized spacial score (nSPS) is 18.0. The highest BCUT2D eigenvalue weighted by molar-refractivity contribution is 5.88. The van der Waals surface area contributed by atoms with Crippen molar-refractivity contribution >= 4 is 11.8 Å². The molecule has 0 fully saturated rings. The Morgan fingerprint density at radius 2 is 2.15 bits per heavy atom. The van der Waals surface area contributed by atoms with Crippen LogP contribution in [0.3, 0.4) is 0 Å². The number of amides is 2. The minimum Gasteiger partial charge on any atom is -0.497 e. The molecule has 144 valence electrons. The van der Waals surface area contributed by atoms with Crippen LogP contribution in [-0.2, 0) is 19.5 Å². The monoisotopic (exact) mass is 370 g/mol. The summed E-state index contributed by atoms with van der Waals surface area (Å²) >= 11 is 0. The van der Waals surface area contributed by atoms with Crippen molar-refractivity contribution in [3.63, 3.8) is 0 Å². The van der Waals surface area contributed by atoms with Crippen molar-refractivity contribution in [2.75, 3.05) is 19.0 Å². The Labute approximate surface area is 159 Å². The maximum absolute atomic E-state index is 12.9. The van der Waals surface area contributed by atoms with E-state index in [0.29, 0.717) is 18.9 Å². The number of hydrogen-bond acceptors (Lipinski definition) is 4. The van der Waals surface area contributed by atoms with Gasteiger partial charge in [0, 0.05) is 29.9 Å². The minimum atomic E-state index is -0.512. The molecule has 0 bridgehead atoms. The van der Waals surface area contributed by atoms with Crippen molar-refractivity contribution in [3.8, 4) is 11.5 Å². The van der Waals surface area contributed by atoms with Gasteiger partial charge in [0.05, 0.1) is 20.2 Å². The highest BCUT2D eigenvalue weighted by atomic mass is 16.5. The maximum Gasteiger partial charge on any atom is 0.323 e. The van der Waals surface area contributed by atoms with Gasteiger partial charge in [0.25, 0.3) is 0 Å². The van der Waals surface area contributed by atoms with Gasteiger partial charge >= 0.3 is 6.03 Å². The van der Waals surface area contributed by atoms with E-state index in [2.05, 4.69) is 10.4 Å². The molecule has 4 rings (SSSR count). The van der Waals surface area contributed by atoms with E-state index in [-0.39, 0.29) is 6.03 Å². The lowest BCUT2D eigenvalue weighted by Gasteiger charge is -2.29. The second-order valence-electron chi connectivity index (χ2n) is 7.82. The summed E-state index contributed by atoms with van der Waals surface area (Å²) in [5.41, 5.74) is 1.64. The highest BCUT2D eigenvalue weighted by Crippen LogP contribution is 2.32. The molecule has 2 aliphatic rings. The van der Waals surface area contributed by atoms with Crippen LogP contribution >= 0.6 is 0 Å². The minimum absolute atomic E-state index is 0.161. The first kappa shape index (κ1) is 17.7. The fraction of sp³-hybridized carbons (Fsp3) is 0.500. The summed E-state index contributed by atoms with van der Waals surface area (Å²) in [6, 6.07) is 7.54. The summed E-state index contributed by atoms with van der Waals surface area (Å²) in [5.74, 6) is 2.12. The molecule has 0 radical (unpaired) electrons. The number of carbonyl (C=O) groups is 1. The Morgan fingerprint density at radius 3 is 2.93 bits per heavy atom. The second-order valence-corrected chi connectivity index (χ2v) is 7.82. The Balaban J connectivity index is 1.54. The summed E-state index contributed by atoms with van der Waals surface area (Å²) in [6.45, 7) is 5.84. The fourth-order valence-corrected chi connectivity index (χ4v) is 3.75. The predicted octanol–water partition coefficient (Wildman–Crippen LogP) is 3.43. The number of urea groups is 1. The van der Waals surface area contributed by atoms with Gasteiger partial charge in [-0.3, -0.25) is 10.00 Å². The Morgan fingerprint density at radius 1 is 1.30 bits per heavy atom. The van der Waals surface area contributed by atoms with E-state index < -0.39 is 5.60 Å². The first-order valence-electron chi connectivity index (χ1n) is 9.42. The summed E-state index contributed by atoms with van der Waals surface area (Å²) in [7, 11) is 1.63. The molecule has 0 spiro atoms. The molecule has 7 heteroatoms. The van der Waals surface area contributed by atoms with Crippen molar-refractivity contribution < 1.29 is 14.3 Å². The third kappa shape index (κ3) is 3.72. The van der Waals surface area contributed by atoms with Crippen molar-refractivity contribution in [2.24, 2.45) is 0 Å². The molecular weight excluding hydrogens is 344 g/mol. The number of hydrogen-bond donors (Lipinski definition) is 1. The largest absolute Gasteiger partial charge is 0.497 e. The van der Waals surface area contributed by atoms with Crippen LogP contribution in [0.5, 0.6) is 11.5 Å². The number of nitrogens with one attached hydrogen (secondary N) is 1. The molecule has 0 aliphatic carbocycles. The van der Waals surface area contributed by atoms with E-state index in [1.807, 2.05) is 42.8 Å². The highest BCUT2D eigenvalue weighted by Gasteiger charge is 2.32. The number of anilines is 1. The van der Waals surface area contributed by atoms with Crippen LogP contribution in [0.1, 0.15) is 37.9 Å². The number of aromatic nitrogens is 2. The summed E-state index contributed by atoms with van der Waals surface area (Å²) in [6.07, 6.45) is 3.33. The maximum atomic E-state index is 12.9. The topological polar surface area (TPSA) is 68.6 Å². The smallest absolute Gasteiger partial charge is 0.323 e. The first-order chi connectivity index (χ1) is 12.9. The van der Waals surface area contributed by atoms with Crippen LogP contribution in [0.4, 0.5) is 10.6 Å². The van der Waals surface area contributed by atoms with E-state index in [9.17, 15) is 4.79 Å². The zero-order valence-corrected chi connectivity index (χ0v) is 16.1. The molecule has 0 unspecified atom stereocenters. The number of ether oxygens (including phenoxy) is 2. The lowest BCUT2D eigenvalue weighted by atomic mass is 10.1. The summed E-state index contributed by atoms with van der Waals surface area (Å²) in [5, 5.41) is 7.49. The predicted molar refractivity (Wildman–Crippen MR) is 102 cm³/mol. The molecular formula is C20H26N4O3. The van der Waals surface area contributed by atoms with E-state index >= 15 is 0 Å². The average molecular weight is 370 g/mol. The molecule has 1 N–H and O–H groups in total. The molecule has 0 saturated carbocycles. The summed E-state index contributed by atoms with van der Waals surface area (Å²) in [4.78, 5) is 14.7. The standard InChI is InChI=1S/C20H26N4O3/c1-20(2)13-23(12-14-7-8-16(26-3)11-17(14)27-20)19(25)21-18-10-15-6-4-5-9-24(15)22-18/h7-8,10-11H,4-6,9,12-13H2,1-3H3,(H,21,22,25). The van der Waals surface area contributed by atoms with Gasteiger partial charge in [-0.2, -0.15) is 5.10 Å². The van der Waals surface area contributed by atoms with Crippen molar-refractivity contribution in [1.82, 2.24) is 14.7 Å². The van der Waals surface area contributed by atoms with Crippen LogP contribution in [0, 0.1) is 0 Å². The molecule has 1 aromatic carbocycles. The van der Waals surface area contributed by atoms with Gasteiger partial charge in [0.2, 0.25) is 0 Å². The Hall–Kier alpha value is -2.70. The van der Waals surface area contributed by atoms with Crippen LogP contribution in [0.25, 0.3) is 0 Å². The average Bonchev–Trinajstić information content (AvgIpc) is 2.97. The van der Waals surface area contributed by atoms with E-state index in [4.69, 9.17) is 9.47 Å². The van der Waals surface area contributed by atoms with E-state index in [1.54, 1.807) is 12.0 Å². The van der Waals surface area contributed by atoms with Gasteiger partial charge in [-0.05, 0) is 45.2 Å². The number of aryl methyl sites for hydroxylation is 2. The molecule has 7 nitrogen and oxygen atoms in total. The number of rotatable bonds is 2.